The van der Waals surface area contributed by atoms with Crippen LogP contribution in [0.25, 0.3) is 0 Å². The van der Waals surface area contributed by atoms with E-state index in [9.17, 15) is 5.11 Å². The maximum Gasteiger partial charge on any atom is 0.138 e. The first-order valence-corrected chi connectivity index (χ1v) is 5.08. The lowest BCUT2D eigenvalue weighted by molar-refractivity contribution is 0.151. The molecule has 1 saturated carbocycles. The van der Waals surface area contributed by atoms with Crippen LogP contribution in [-0.2, 0) is 5.60 Å². The van der Waals surface area contributed by atoms with Gasteiger partial charge in [0, 0.05) is 11.6 Å². The molecule has 4 heteroatoms. The van der Waals surface area contributed by atoms with Crippen molar-refractivity contribution >= 4 is 23.2 Å². The van der Waals surface area contributed by atoms with Crippen molar-refractivity contribution in [1.82, 2.24) is 0 Å². The van der Waals surface area contributed by atoms with Gasteiger partial charge in [-0.15, -0.1) is 0 Å². The van der Waals surface area contributed by atoms with Crippen molar-refractivity contribution in [1.29, 1.82) is 0 Å². The normalized spacial score (nSPS) is 18.0. The fraction of sp³-hybridized carbons (Fsp3) is 0.400. The van der Waals surface area contributed by atoms with Crippen LogP contribution in [0.5, 0.6) is 5.75 Å². The first-order chi connectivity index (χ1) is 6.57. The van der Waals surface area contributed by atoms with E-state index in [1.165, 1.54) is 7.11 Å². The van der Waals surface area contributed by atoms with Crippen LogP contribution in [0.4, 0.5) is 0 Å². The molecule has 0 aromatic heterocycles. The Hall–Kier alpha value is -0.440. The second-order valence-corrected chi connectivity index (χ2v) is 4.31. The molecule has 0 atom stereocenters. The van der Waals surface area contributed by atoms with E-state index in [-0.39, 0.29) is 0 Å². The van der Waals surface area contributed by atoms with Crippen LogP contribution >= 0.6 is 23.2 Å². The molecule has 1 aliphatic rings. The van der Waals surface area contributed by atoms with Crippen molar-refractivity contribution in [2.75, 3.05) is 7.11 Å². The fourth-order valence-corrected chi connectivity index (χ4v) is 2.00. The number of halogens is 2. The highest BCUT2D eigenvalue weighted by atomic mass is 35.5. The number of hydrogen-bond acceptors (Lipinski definition) is 2. The predicted octanol–water partition coefficient (Wildman–Crippen LogP) is 2.98. The molecule has 76 valence electrons. The summed E-state index contributed by atoms with van der Waals surface area (Å²) in [5.74, 6) is 0.532. The molecular weight excluding hydrogens is 223 g/mol. The molecule has 0 amide bonds. The van der Waals surface area contributed by atoms with Gasteiger partial charge in [0.25, 0.3) is 0 Å². The van der Waals surface area contributed by atoms with Crippen LogP contribution in [0.1, 0.15) is 18.4 Å². The molecule has 2 nitrogen and oxygen atoms in total. The van der Waals surface area contributed by atoms with Crippen molar-refractivity contribution in [3.63, 3.8) is 0 Å². The zero-order chi connectivity index (χ0) is 10.3. The summed E-state index contributed by atoms with van der Waals surface area (Å²) in [6, 6.07) is 3.31. The third-order valence-electron chi connectivity index (χ3n) is 2.47. The van der Waals surface area contributed by atoms with Gasteiger partial charge in [-0.25, -0.2) is 0 Å². The molecule has 0 radical (unpaired) electrons. The van der Waals surface area contributed by atoms with E-state index in [1.807, 2.05) is 0 Å². The zero-order valence-corrected chi connectivity index (χ0v) is 9.19. The summed E-state index contributed by atoms with van der Waals surface area (Å²) >= 11 is 11.9. The summed E-state index contributed by atoms with van der Waals surface area (Å²) in [7, 11) is 1.53. The highest BCUT2D eigenvalue weighted by Gasteiger charge is 2.43. The average Bonchev–Trinajstić information content (AvgIpc) is 2.88. The molecule has 0 heterocycles. The average molecular weight is 233 g/mol. The van der Waals surface area contributed by atoms with Gasteiger partial charge < -0.3 is 9.84 Å². The van der Waals surface area contributed by atoms with E-state index in [2.05, 4.69) is 0 Å². The van der Waals surface area contributed by atoms with E-state index < -0.39 is 5.60 Å². The molecule has 0 unspecified atom stereocenters. The molecule has 0 saturated heterocycles. The molecule has 1 aromatic carbocycles. The lowest BCUT2D eigenvalue weighted by Crippen LogP contribution is -2.05. The largest absolute Gasteiger partial charge is 0.495 e. The molecule has 14 heavy (non-hydrogen) atoms. The summed E-state index contributed by atoms with van der Waals surface area (Å²) in [5.41, 5.74) is -0.0579. The highest BCUT2D eigenvalue weighted by Crippen LogP contribution is 2.49. The third kappa shape index (κ3) is 1.58. The van der Waals surface area contributed by atoms with Crippen LogP contribution in [0.15, 0.2) is 12.1 Å². The Balaban J connectivity index is 2.48. The van der Waals surface area contributed by atoms with Gasteiger partial charge in [-0.05, 0) is 18.9 Å². The lowest BCUT2D eigenvalue weighted by Gasteiger charge is -2.12. The quantitative estimate of drug-likeness (QED) is 0.850. The monoisotopic (exact) mass is 232 g/mol. The Morgan fingerprint density at radius 3 is 2.43 bits per heavy atom. The van der Waals surface area contributed by atoms with Crippen LogP contribution in [-0.4, -0.2) is 12.2 Å². The van der Waals surface area contributed by atoms with Gasteiger partial charge in [0.15, 0.2) is 0 Å². The van der Waals surface area contributed by atoms with E-state index in [0.29, 0.717) is 21.4 Å². The number of rotatable bonds is 2. The molecule has 1 aromatic rings. The van der Waals surface area contributed by atoms with Crippen LogP contribution in [0.3, 0.4) is 0 Å². The summed E-state index contributed by atoms with van der Waals surface area (Å²) < 4.78 is 5.02. The van der Waals surface area contributed by atoms with E-state index in [0.717, 1.165) is 12.8 Å². The van der Waals surface area contributed by atoms with Gasteiger partial charge in [0.1, 0.15) is 5.75 Å². The van der Waals surface area contributed by atoms with E-state index >= 15 is 0 Å². The first-order valence-electron chi connectivity index (χ1n) is 4.33. The zero-order valence-electron chi connectivity index (χ0n) is 7.68. The Labute approximate surface area is 92.4 Å². The van der Waals surface area contributed by atoms with E-state index in [1.54, 1.807) is 12.1 Å². The number of aliphatic hydroxyl groups is 1. The van der Waals surface area contributed by atoms with Gasteiger partial charge in [-0.1, -0.05) is 23.2 Å². The Morgan fingerprint density at radius 1 is 1.29 bits per heavy atom. The van der Waals surface area contributed by atoms with Crippen LogP contribution in [0, 0.1) is 0 Å². The Kier molecular flexibility index (Phi) is 2.38. The Morgan fingerprint density at radius 2 is 1.93 bits per heavy atom. The second-order valence-electron chi connectivity index (χ2n) is 3.50. The molecule has 0 spiro atoms. The van der Waals surface area contributed by atoms with Gasteiger partial charge in [-0.2, -0.15) is 0 Å². The lowest BCUT2D eigenvalue weighted by atomic mass is 10.1. The summed E-state index contributed by atoms with van der Waals surface area (Å²) in [4.78, 5) is 0. The minimum Gasteiger partial charge on any atom is -0.495 e. The Bertz CT molecular complexity index is 373. The summed E-state index contributed by atoms with van der Waals surface area (Å²) in [5, 5.41) is 10.9. The first kappa shape index (κ1) is 10.1. The maximum atomic E-state index is 9.89. The van der Waals surface area contributed by atoms with Crippen LogP contribution < -0.4 is 4.74 Å². The fourth-order valence-electron chi connectivity index (χ4n) is 1.43. The molecule has 1 N–H and O–H groups in total. The number of benzene rings is 1. The number of ether oxygens (including phenoxy) is 1. The molecule has 1 aliphatic carbocycles. The van der Waals surface area contributed by atoms with Crippen molar-refractivity contribution in [2.24, 2.45) is 0 Å². The molecule has 0 bridgehead atoms. The number of methoxy groups -OCH3 is 1. The van der Waals surface area contributed by atoms with Gasteiger partial charge >= 0.3 is 0 Å². The standard InChI is InChI=1S/C10H10Cl2O2/c1-14-9-5-7(11)6(4-8(9)12)10(13)2-3-10/h4-5,13H,2-3H2,1H3. The topological polar surface area (TPSA) is 29.5 Å². The minimum absolute atomic E-state index is 0.479. The molecular formula is C10H10Cl2O2. The molecule has 0 aliphatic heterocycles. The minimum atomic E-state index is -0.757. The summed E-state index contributed by atoms with van der Waals surface area (Å²) in [6.45, 7) is 0. The van der Waals surface area contributed by atoms with Gasteiger partial charge in [0.05, 0.1) is 22.8 Å². The highest BCUT2D eigenvalue weighted by molar-refractivity contribution is 6.34. The number of hydrogen-bond donors (Lipinski definition) is 1. The maximum absolute atomic E-state index is 9.89. The van der Waals surface area contributed by atoms with Crippen molar-refractivity contribution in [3.8, 4) is 5.75 Å². The van der Waals surface area contributed by atoms with Gasteiger partial charge in [-0.3, -0.25) is 0 Å². The van der Waals surface area contributed by atoms with Crippen molar-refractivity contribution in [3.05, 3.63) is 27.7 Å². The SMILES string of the molecule is COc1cc(Cl)c(C2(O)CC2)cc1Cl. The van der Waals surface area contributed by atoms with Gasteiger partial charge in [0.2, 0.25) is 0 Å². The second kappa shape index (κ2) is 3.30. The smallest absolute Gasteiger partial charge is 0.138 e. The molecule has 1 fully saturated rings. The van der Waals surface area contributed by atoms with E-state index in [4.69, 9.17) is 27.9 Å². The summed E-state index contributed by atoms with van der Waals surface area (Å²) in [6.07, 6.45) is 1.49. The predicted molar refractivity (Wildman–Crippen MR) is 56.1 cm³/mol. The molecule has 2 rings (SSSR count). The van der Waals surface area contributed by atoms with Crippen LogP contribution in [0.2, 0.25) is 10.0 Å². The van der Waals surface area contributed by atoms with Crippen molar-refractivity contribution < 1.29 is 9.84 Å². The third-order valence-corrected chi connectivity index (χ3v) is 3.07. The van der Waals surface area contributed by atoms with Crippen molar-refractivity contribution in [2.45, 2.75) is 18.4 Å².